The summed E-state index contributed by atoms with van der Waals surface area (Å²) in [5, 5.41) is 9.72. The molecular weight excluding hydrogens is 242 g/mol. The van der Waals surface area contributed by atoms with E-state index in [2.05, 4.69) is 11.5 Å². The van der Waals surface area contributed by atoms with Crippen LogP contribution in [0.4, 0.5) is 0 Å². The van der Waals surface area contributed by atoms with Crippen LogP contribution in [0.1, 0.15) is 55.6 Å². The number of hydrogen-bond acceptors (Lipinski definition) is 4. The first-order chi connectivity index (χ1) is 9.30. The number of hydrogen-bond donors (Lipinski definition) is 2. The Balaban J connectivity index is 1.97. The standard InChI is InChI=1S/C15H21NO3/c1-18-14-12-8-4-3-7-11(12)13(19-14)15(16-17)9-5-2-6-10-15/h3-4,7-8,13-14,16-17H,2,5-6,9-10H2,1H3/t13-,14+/m0/s1. The van der Waals surface area contributed by atoms with Gasteiger partial charge >= 0.3 is 0 Å². The maximum Gasteiger partial charge on any atom is 0.184 e. The Hall–Kier alpha value is -0.940. The number of benzene rings is 1. The Morgan fingerprint density at radius 3 is 2.53 bits per heavy atom. The SMILES string of the molecule is CO[C@@H]1O[C@H](C2(NO)CCCCC2)c2ccccc21. The van der Waals surface area contributed by atoms with Gasteiger partial charge in [0.25, 0.3) is 0 Å². The normalized spacial score (nSPS) is 29.2. The minimum absolute atomic E-state index is 0.140. The molecule has 0 amide bonds. The third kappa shape index (κ3) is 2.09. The van der Waals surface area contributed by atoms with Crippen LogP contribution in [0.15, 0.2) is 24.3 Å². The van der Waals surface area contributed by atoms with Crippen molar-refractivity contribution in [1.29, 1.82) is 0 Å². The molecule has 2 atom stereocenters. The summed E-state index contributed by atoms with van der Waals surface area (Å²) in [6.07, 6.45) is 4.86. The molecule has 0 unspecified atom stereocenters. The second-order valence-electron chi connectivity index (χ2n) is 5.54. The lowest BCUT2D eigenvalue weighted by atomic mass is 9.76. The van der Waals surface area contributed by atoms with Crippen LogP contribution in [0.2, 0.25) is 0 Å². The molecule has 1 saturated carbocycles. The Kier molecular flexibility index (Phi) is 3.58. The van der Waals surface area contributed by atoms with E-state index in [9.17, 15) is 5.21 Å². The van der Waals surface area contributed by atoms with Gasteiger partial charge in [-0.1, -0.05) is 43.5 Å². The Morgan fingerprint density at radius 1 is 1.21 bits per heavy atom. The number of methoxy groups -OCH3 is 1. The zero-order valence-electron chi connectivity index (χ0n) is 11.3. The van der Waals surface area contributed by atoms with E-state index < -0.39 is 0 Å². The van der Waals surface area contributed by atoms with Crippen molar-refractivity contribution >= 4 is 0 Å². The molecule has 4 nitrogen and oxygen atoms in total. The summed E-state index contributed by atoms with van der Waals surface area (Å²) in [5.74, 6) is 0. The van der Waals surface area contributed by atoms with Crippen molar-refractivity contribution < 1.29 is 14.7 Å². The zero-order valence-corrected chi connectivity index (χ0v) is 11.3. The predicted molar refractivity (Wildman–Crippen MR) is 70.8 cm³/mol. The van der Waals surface area contributed by atoms with E-state index in [4.69, 9.17) is 9.47 Å². The van der Waals surface area contributed by atoms with Crippen molar-refractivity contribution in [1.82, 2.24) is 5.48 Å². The van der Waals surface area contributed by atoms with Crippen molar-refractivity contribution in [2.75, 3.05) is 7.11 Å². The molecule has 1 aliphatic carbocycles. The smallest absolute Gasteiger partial charge is 0.184 e. The molecule has 1 aromatic rings. The van der Waals surface area contributed by atoms with Gasteiger partial charge in [-0.25, -0.2) is 0 Å². The number of rotatable bonds is 3. The molecule has 3 rings (SSSR count). The molecule has 0 aromatic heterocycles. The predicted octanol–water partition coefficient (Wildman–Crippen LogP) is 3.08. The van der Waals surface area contributed by atoms with E-state index in [1.165, 1.54) is 6.42 Å². The summed E-state index contributed by atoms with van der Waals surface area (Å²) in [6.45, 7) is 0. The average molecular weight is 263 g/mol. The Bertz CT molecular complexity index is 443. The van der Waals surface area contributed by atoms with Crippen LogP contribution >= 0.6 is 0 Å². The third-order valence-electron chi connectivity index (χ3n) is 4.48. The fourth-order valence-electron chi connectivity index (χ4n) is 3.46. The minimum atomic E-state index is -0.373. The molecule has 1 aromatic carbocycles. The van der Waals surface area contributed by atoms with Crippen molar-refractivity contribution in [2.24, 2.45) is 0 Å². The molecule has 0 radical (unpaired) electrons. The van der Waals surface area contributed by atoms with Gasteiger partial charge in [-0.05, 0) is 18.4 Å². The highest BCUT2D eigenvalue weighted by Crippen LogP contribution is 2.49. The van der Waals surface area contributed by atoms with Gasteiger partial charge in [0.1, 0.15) is 6.10 Å². The molecule has 0 bridgehead atoms. The van der Waals surface area contributed by atoms with E-state index in [0.29, 0.717) is 0 Å². The maximum atomic E-state index is 9.72. The molecule has 19 heavy (non-hydrogen) atoms. The number of hydroxylamine groups is 1. The summed E-state index contributed by atoms with van der Waals surface area (Å²) in [7, 11) is 1.66. The number of fused-ring (bicyclic) bond motifs is 1. The fourth-order valence-corrected chi connectivity index (χ4v) is 3.46. The van der Waals surface area contributed by atoms with Crippen LogP contribution in [0, 0.1) is 0 Å². The second kappa shape index (κ2) is 5.21. The van der Waals surface area contributed by atoms with E-state index in [1.54, 1.807) is 7.11 Å². The average Bonchev–Trinajstić information content (AvgIpc) is 2.87. The molecule has 4 heteroatoms. The summed E-state index contributed by atoms with van der Waals surface area (Å²) in [6, 6.07) is 8.13. The van der Waals surface area contributed by atoms with Crippen molar-refractivity contribution in [2.45, 2.75) is 50.0 Å². The molecule has 2 N–H and O–H groups in total. The summed E-state index contributed by atoms with van der Waals surface area (Å²) >= 11 is 0. The molecule has 1 aliphatic heterocycles. The highest BCUT2D eigenvalue weighted by molar-refractivity contribution is 5.36. The van der Waals surface area contributed by atoms with Gasteiger partial charge in [0, 0.05) is 12.7 Å². The van der Waals surface area contributed by atoms with Crippen molar-refractivity contribution in [3.05, 3.63) is 35.4 Å². The Labute approximate surface area is 113 Å². The van der Waals surface area contributed by atoms with E-state index in [-0.39, 0.29) is 17.9 Å². The lowest BCUT2D eigenvalue weighted by Gasteiger charge is -2.40. The van der Waals surface area contributed by atoms with Gasteiger partial charge in [-0.15, -0.1) is 0 Å². The molecule has 0 saturated heterocycles. The first-order valence-electron chi connectivity index (χ1n) is 6.99. The van der Waals surface area contributed by atoms with Gasteiger partial charge in [-0.2, -0.15) is 5.48 Å². The van der Waals surface area contributed by atoms with Crippen LogP contribution in [0.3, 0.4) is 0 Å². The quantitative estimate of drug-likeness (QED) is 0.823. The van der Waals surface area contributed by atoms with Crippen molar-refractivity contribution in [3.8, 4) is 0 Å². The monoisotopic (exact) mass is 263 g/mol. The molecule has 1 heterocycles. The highest BCUT2D eigenvalue weighted by Gasteiger charge is 2.47. The largest absolute Gasteiger partial charge is 0.352 e. The molecule has 0 spiro atoms. The molecule has 2 aliphatic rings. The lowest BCUT2D eigenvalue weighted by molar-refractivity contribution is -0.180. The van der Waals surface area contributed by atoms with Gasteiger partial charge in [-0.3, -0.25) is 0 Å². The fraction of sp³-hybridized carbons (Fsp3) is 0.600. The summed E-state index contributed by atoms with van der Waals surface area (Å²) in [4.78, 5) is 0. The minimum Gasteiger partial charge on any atom is -0.352 e. The van der Waals surface area contributed by atoms with Crippen LogP contribution in [0.25, 0.3) is 0 Å². The molecule has 104 valence electrons. The van der Waals surface area contributed by atoms with E-state index in [1.807, 2.05) is 18.2 Å². The van der Waals surface area contributed by atoms with Crippen molar-refractivity contribution in [3.63, 3.8) is 0 Å². The van der Waals surface area contributed by atoms with Gasteiger partial charge in [0.15, 0.2) is 6.29 Å². The zero-order chi connectivity index (χ0) is 13.3. The van der Waals surface area contributed by atoms with Gasteiger partial charge < -0.3 is 14.7 Å². The highest BCUT2D eigenvalue weighted by atomic mass is 16.7. The number of ether oxygens (including phenoxy) is 2. The number of nitrogens with one attached hydrogen (secondary N) is 1. The van der Waals surface area contributed by atoms with Crippen LogP contribution in [-0.4, -0.2) is 17.9 Å². The van der Waals surface area contributed by atoms with E-state index >= 15 is 0 Å². The topological polar surface area (TPSA) is 50.7 Å². The second-order valence-corrected chi connectivity index (χ2v) is 5.54. The lowest BCUT2D eigenvalue weighted by Crippen LogP contribution is -2.50. The first kappa shape index (κ1) is 13.1. The molecular formula is C15H21NO3. The van der Waals surface area contributed by atoms with Crippen LogP contribution in [-0.2, 0) is 9.47 Å². The van der Waals surface area contributed by atoms with E-state index in [0.717, 1.165) is 36.8 Å². The Morgan fingerprint density at radius 2 is 1.89 bits per heavy atom. The summed E-state index contributed by atoms with van der Waals surface area (Å²) < 4.78 is 11.5. The summed E-state index contributed by atoms with van der Waals surface area (Å²) in [5.41, 5.74) is 4.41. The first-order valence-corrected chi connectivity index (χ1v) is 6.99. The van der Waals surface area contributed by atoms with Crippen LogP contribution < -0.4 is 5.48 Å². The maximum absolute atomic E-state index is 9.72. The van der Waals surface area contributed by atoms with Gasteiger partial charge in [0.2, 0.25) is 0 Å². The molecule has 1 fully saturated rings. The van der Waals surface area contributed by atoms with Gasteiger partial charge in [0.05, 0.1) is 5.54 Å². The van der Waals surface area contributed by atoms with Crippen LogP contribution in [0.5, 0.6) is 0 Å². The third-order valence-corrected chi connectivity index (χ3v) is 4.48.